The molecule has 1 fully saturated rings. The van der Waals surface area contributed by atoms with Crippen molar-refractivity contribution < 1.29 is 19.1 Å². The molecular formula is C20H22N6O4. The highest BCUT2D eigenvalue weighted by Gasteiger charge is 2.43. The monoisotopic (exact) mass is 410 g/mol. The number of nitrogens with two attached hydrogens (primary N) is 1. The lowest BCUT2D eigenvalue weighted by Crippen LogP contribution is -2.31. The Morgan fingerprint density at radius 3 is 2.73 bits per heavy atom. The lowest BCUT2D eigenvalue weighted by atomic mass is 9.99. The van der Waals surface area contributed by atoms with Gasteiger partial charge in [-0.25, -0.2) is 15.6 Å². The summed E-state index contributed by atoms with van der Waals surface area (Å²) >= 11 is 0. The number of hydrazine groups is 1. The van der Waals surface area contributed by atoms with Crippen molar-refractivity contribution in [2.75, 3.05) is 11.9 Å². The molecule has 1 saturated carbocycles. The molecular weight excluding hydrogens is 388 g/mol. The summed E-state index contributed by atoms with van der Waals surface area (Å²) in [5, 5.41) is 2.40. The van der Waals surface area contributed by atoms with Gasteiger partial charge in [0.25, 0.3) is 11.8 Å². The van der Waals surface area contributed by atoms with E-state index < -0.39 is 12.0 Å². The highest BCUT2D eigenvalue weighted by molar-refractivity contribution is 6.10. The zero-order valence-electron chi connectivity index (χ0n) is 16.7. The summed E-state index contributed by atoms with van der Waals surface area (Å²) in [4.78, 5) is 47.0. The van der Waals surface area contributed by atoms with Gasteiger partial charge < -0.3 is 10.1 Å². The van der Waals surface area contributed by atoms with Crippen LogP contribution in [0.25, 0.3) is 0 Å². The van der Waals surface area contributed by atoms with Crippen LogP contribution in [0.2, 0.25) is 0 Å². The molecule has 0 atom stereocenters. The highest BCUT2D eigenvalue weighted by atomic mass is 16.5. The molecule has 1 aliphatic heterocycles. The molecule has 1 aliphatic carbocycles. The molecule has 3 heterocycles. The average molecular weight is 410 g/mol. The smallest absolute Gasteiger partial charge is 0.407 e. The molecule has 2 aromatic rings. The van der Waals surface area contributed by atoms with E-state index in [9.17, 15) is 14.4 Å². The number of alkyl carbamates (subject to hydrolysis) is 1. The van der Waals surface area contributed by atoms with Gasteiger partial charge in [0.15, 0.2) is 0 Å². The predicted molar refractivity (Wildman–Crippen MR) is 106 cm³/mol. The average Bonchev–Trinajstić information content (AvgIpc) is 3.44. The number of nitrogen functional groups attached to an aromatic ring is 1. The van der Waals surface area contributed by atoms with Crippen molar-refractivity contribution in [2.24, 2.45) is 5.84 Å². The Morgan fingerprint density at radius 1 is 1.30 bits per heavy atom. The maximum Gasteiger partial charge on any atom is 0.407 e. The number of nitrogens with one attached hydrogen (secondary N) is 2. The second-order valence-electron chi connectivity index (χ2n) is 7.61. The largest absolute Gasteiger partial charge is 0.443 e. The van der Waals surface area contributed by atoms with Crippen molar-refractivity contribution in [2.45, 2.75) is 38.3 Å². The second-order valence-corrected chi connectivity index (χ2v) is 7.61. The lowest BCUT2D eigenvalue weighted by Gasteiger charge is -2.15. The SMILES string of the molecule is CNC(=O)OCc1nc(C2(C)CC2)cc2c1CN(c1cccc(C(=O)NN)n1)C2=O. The minimum atomic E-state index is -0.572. The van der Waals surface area contributed by atoms with Gasteiger partial charge in [0.1, 0.15) is 18.1 Å². The zero-order chi connectivity index (χ0) is 21.5. The van der Waals surface area contributed by atoms with E-state index in [0.29, 0.717) is 22.6 Å². The molecule has 30 heavy (non-hydrogen) atoms. The number of aromatic nitrogens is 2. The topological polar surface area (TPSA) is 140 Å². The number of nitrogens with zero attached hydrogens (tertiary/aromatic N) is 3. The molecule has 156 valence electrons. The Bertz CT molecular complexity index is 1050. The number of fused-ring (bicyclic) bond motifs is 1. The van der Waals surface area contributed by atoms with Crippen LogP contribution >= 0.6 is 0 Å². The van der Waals surface area contributed by atoms with Gasteiger partial charge in [-0.2, -0.15) is 0 Å². The summed E-state index contributed by atoms with van der Waals surface area (Å²) in [5.41, 5.74) is 4.63. The number of hydrogen-bond acceptors (Lipinski definition) is 7. The lowest BCUT2D eigenvalue weighted by molar-refractivity contribution is 0.0945. The minimum absolute atomic E-state index is 0.0455. The number of amides is 3. The van der Waals surface area contributed by atoms with Gasteiger partial charge in [-0.3, -0.25) is 24.9 Å². The molecule has 2 aromatic heterocycles. The van der Waals surface area contributed by atoms with E-state index in [1.54, 1.807) is 12.1 Å². The Morgan fingerprint density at radius 2 is 2.07 bits per heavy atom. The van der Waals surface area contributed by atoms with Gasteiger partial charge in [-0.1, -0.05) is 13.0 Å². The van der Waals surface area contributed by atoms with Crippen molar-refractivity contribution in [3.63, 3.8) is 0 Å². The van der Waals surface area contributed by atoms with E-state index in [2.05, 4.69) is 17.2 Å². The van der Waals surface area contributed by atoms with Crippen molar-refractivity contribution >= 4 is 23.7 Å². The quantitative estimate of drug-likeness (QED) is 0.382. The van der Waals surface area contributed by atoms with Crippen LogP contribution in [0.1, 0.15) is 57.6 Å². The van der Waals surface area contributed by atoms with Crippen LogP contribution in [0.5, 0.6) is 0 Å². The maximum atomic E-state index is 13.2. The molecule has 0 spiro atoms. The first-order valence-corrected chi connectivity index (χ1v) is 9.54. The third-order valence-electron chi connectivity index (χ3n) is 5.54. The summed E-state index contributed by atoms with van der Waals surface area (Å²) in [6.45, 7) is 2.26. The molecule has 0 radical (unpaired) electrons. The van der Waals surface area contributed by atoms with Crippen LogP contribution in [0, 0.1) is 0 Å². The number of anilines is 1. The van der Waals surface area contributed by atoms with E-state index in [4.69, 9.17) is 15.6 Å². The molecule has 10 heteroatoms. The first-order valence-electron chi connectivity index (χ1n) is 9.54. The van der Waals surface area contributed by atoms with Gasteiger partial charge in [0.2, 0.25) is 0 Å². The molecule has 10 nitrogen and oxygen atoms in total. The molecule has 0 aromatic carbocycles. The molecule has 2 aliphatic rings. The maximum absolute atomic E-state index is 13.2. The first-order chi connectivity index (χ1) is 14.4. The third kappa shape index (κ3) is 3.45. The van der Waals surface area contributed by atoms with E-state index in [-0.39, 0.29) is 30.2 Å². The van der Waals surface area contributed by atoms with Crippen LogP contribution in [0.3, 0.4) is 0 Å². The van der Waals surface area contributed by atoms with Crippen LogP contribution in [-0.2, 0) is 23.3 Å². The van der Waals surface area contributed by atoms with Crippen LogP contribution in [0.15, 0.2) is 24.3 Å². The molecule has 3 amide bonds. The van der Waals surface area contributed by atoms with E-state index in [0.717, 1.165) is 18.5 Å². The fourth-order valence-corrected chi connectivity index (χ4v) is 3.40. The summed E-state index contributed by atoms with van der Waals surface area (Å²) < 4.78 is 5.21. The molecule has 0 saturated heterocycles. The predicted octanol–water partition coefficient (Wildman–Crippen LogP) is 1.15. The van der Waals surface area contributed by atoms with Crippen molar-refractivity contribution in [1.82, 2.24) is 20.7 Å². The first kappa shape index (κ1) is 19.8. The summed E-state index contributed by atoms with van der Waals surface area (Å²) in [5.74, 6) is 4.72. The summed E-state index contributed by atoms with van der Waals surface area (Å²) in [6.07, 6.45) is 1.41. The van der Waals surface area contributed by atoms with Gasteiger partial charge in [0, 0.05) is 29.3 Å². The number of carbonyl (C=O) groups is 3. The van der Waals surface area contributed by atoms with Crippen LogP contribution in [-0.4, -0.2) is 34.9 Å². The van der Waals surface area contributed by atoms with E-state index in [1.165, 1.54) is 18.0 Å². The molecule has 0 bridgehead atoms. The molecule has 0 unspecified atom stereocenters. The Kier molecular flexibility index (Phi) is 4.86. The minimum Gasteiger partial charge on any atom is -0.443 e. The summed E-state index contributed by atoms with van der Waals surface area (Å²) in [6, 6.07) is 6.61. The number of rotatable bonds is 5. The number of ether oxygens (including phenoxy) is 1. The zero-order valence-corrected chi connectivity index (χ0v) is 16.7. The number of hydrogen-bond donors (Lipinski definition) is 3. The molecule has 4 N–H and O–H groups in total. The van der Waals surface area contributed by atoms with Gasteiger partial charge in [-0.05, 0) is 31.0 Å². The van der Waals surface area contributed by atoms with Crippen molar-refractivity contribution in [1.29, 1.82) is 0 Å². The van der Waals surface area contributed by atoms with Crippen molar-refractivity contribution in [3.8, 4) is 0 Å². The normalized spacial score (nSPS) is 16.1. The fraction of sp³-hybridized carbons (Fsp3) is 0.350. The van der Waals surface area contributed by atoms with Crippen LogP contribution in [0.4, 0.5) is 10.6 Å². The van der Waals surface area contributed by atoms with Crippen LogP contribution < -0.4 is 21.5 Å². The van der Waals surface area contributed by atoms with Gasteiger partial charge in [-0.15, -0.1) is 0 Å². The van der Waals surface area contributed by atoms with Gasteiger partial charge in [0.05, 0.1) is 12.2 Å². The standard InChI is InChI=1S/C20H22N6O4/c1-20(6-7-20)15-8-11-12(14(23-15)10-30-19(29)22-2)9-26(18(11)28)16-5-3-4-13(24-16)17(27)25-21/h3-5,8H,6-7,9-10,21H2,1-2H3,(H,22,29)(H,25,27). The van der Waals surface area contributed by atoms with Gasteiger partial charge >= 0.3 is 6.09 Å². The second kappa shape index (κ2) is 7.38. The fourth-order valence-electron chi connectivity index (χ4n) is 3.40. The Hall–Kier alpha value is -3.53. The van der Waals surface area contributed by atoms with E-state index in [1.807, 2.05) is 11.5 Å². The summed E-state index contributed by atoms with van der Waals surface area (Å²) in [7, 11) is 1.48. The highest BCUT2D eigenvalue weighted by Crippen LogP contribution is 2.47. The van der Waals surface area contributed by atoms with E-state index >= 15 is 0 Å². The Labute approximate surface area is 172 Å². The third-order valence-corrected chi connectivity index (χ3v) is 5.54. The Balaban J connectivity index is 1.71. The van der Waals surface area contributed by atoms with Crippen molar-refractivity contribution in [3.05, 3.63) is 52.5 Å². The number of pyridine rings is 2. The molecule has 4 rings (SSSR count). The number of carbonyl (C=O) groups excluding carboxylic acids is 3.